The zero-order valence-electron chi connectivity index (χ0n) is 13.2. The maximum Gasteiger partial charge on any atom is 0.337 e. The SMILES string of the molecule is O=C(O)c1cncc2c1CCN(C(=O)Nc1ccc3c(c1)OCO3)C2. The molecule has 4 rings (SSSR count). The van der Waals surface area contributed by atoms with Gasteiger partial charge in [0.1, 0.15) is 0 Å². The van der Waals surface area contributed by atoms with Crippen molar-refractivity contribution in [2.75, 3.05) is 18.7 Å². The van der Waals surface area contributed by atoms with Crippen molar-refractivity contribution in [3.8, 4) is 11.5 Å². The molecular formula is C17H15N3O5. The summed E-state index contributed by atoms with van der Waals surface area (Å²) < 4.78 is 10.5. The Bertz CT molecular complexity index is 867. The van der Waals surface area contributed by atoms with Gasteiger partial charge in [-0.15, -0.1) is 0 Å². The molecular weight excluding hydrogens is 326 g/mol. The van der Waals surface area contributed by atoms with Crippen LogP contribution in [0.2, 0.25) is 0 Å². The molecule has 0 bridgehead atoms. The van der Waals surface area contributed by atoms with E-state index in [4.69, 9.17) is 9.47 Å². The molecule has 0 saturated heterocycles. The van der Waals surface area contributed by atoms with Crippen LogP contribution in [0.3, 0.4) is 0 Å². The van der Waals surface area contributed by atoms with Crippen molar-refractivity contribution in [1.29, 1.82) is 0 Å². The Morgan fingerprint density at radius 3 is 2.88 bits per heavy atom. The fourth-order valence-electron chi connectivity index (χ4n) is 3.03. The summed E-state index contributed by atoms with van der Waals surface area (Å²) in [5, 5.41) is 12.1. The number of carboxylic acid groups (broad SMARTS) is 1. The summed E-state index contributed by atoms with van der Waals surface area (Å²) in [5.41, 5.74) is 2.31. The molecule has 2 aliphatic rings. The minimum Gasteiger partial charge on any atom is -0.478 e. The highest BCUT2D eigenvalue weighted by molar-refractivity contribution is 5.91. The third-order valence-corrected chi connectivity index (χ3v) is 4.28. The third kappa shape index (κ3) is 2.82. The number of amides is 2. The Morgan fingerprint density at radius 2 is 2.04 bits per heavy atom. The molecule has 0 unspecified atom stereocenters. The molecule has 8 heteroatoms. The second kappa shape index (κ2) is 5.97. The van der Waals surface area contributed by atoms with Crippen LogP contribution in [0.1, 0.15) is 21.5 Å². The van der Waals surface area contributed by atoms with Crippen molar-refractivity contribution in [3.05, 3.63) is 47.3 Å². The molecule has 25 heavy (non-hydrogen) atoms. The van der Waals surface area contributed by atoms with E-state index in [1.165, 1.54) is 6.20 Å². The van der Waals surface area contributed by atoms with Gasteiger partial charge >= 0.3 is 12.0 Å². The Kier molecular flexibility index (Phi) is 3.64. The zero-order valence-corrected chi connectivity index (χ0v) is 13.2. The summed E-state index contributed by atoms with van der Waals surface area (Å²) in [6.07, 6.45) is 3.44. The number of aromatic carboxylic acids is 1. The summed E-state index contributed by atoms with van der Waals surface area (Å²) in [4.78, 5) is 29.4. The number of carbonyl (C=O) groups excluding carboxylic acids is 1. The lowest BCUT2D eigenvalue weighted by atomic mass is 9.97. The molecule has 0 radical (unpaired) electrons. The molecule has 2 aromatic rings. The van der Waals surface area contributed by atoms with Crippen LogP contribution in [-0.4, -0.2) is 40.3 Å². The predicted molar refractivity (Wildman–Crippen MR) is 86.9 cm³/mol. The predicted octanol–water partition coefficient (Wildman–Crippen LogP) is 2.10. The van der Waals surface area contributed by atoms with Gasteiger partial charge in [-0.2, -0.15) is 0 Å². The summed E-state index contributed by atoms with van der Waals surface area (Å²) in [7, 11) is 0. The molecule has 3 heterocycles. The van der Waals surface area contributed by atoms with E-state index in [0.29, 0.717) is 36.7 Å². The molecule has 2 amide bonds. The van der Waals surface area contributed by atoms with Crippen LogP contribution < -0.4 is 14.8 Å². The number of rotatable bonds is 2. The fraction of sp³-hybridized carbons (Fsp3) is 0.235. The highest BCUT2D eigenvalue weighted by atomic mass is 16.7. The molecule has 0 atom stereocenters. The van der Waals surface area contributed by atoms with Crippen molar-refractivity contribution in [3.63, 3.8) is 0 Å². The van der Waals surface area contributed by atoms with Gasteiger partial charge in [0.05, 0.1) is 5.56 Å². The molecule has 1 aromatic carbocycles. The zero-order chi connectivity index (χ0) is 17.4. The van der Waals surface area contributed by atoms with Crippen molar-refractivity contribution in [2.24, 2.45) is 0 Å². The van der Waals surface area contributed by atoms with E-state index in [0.717, 1.165) is 11.1 Å². The Balaban J connectivity index is 1.49. The molecule has 2 aliphatic heterocycles. The molecule has 128 valence electrons. The van der Waals surface area contributed by atoms with Gasteiger partial charge in [0.2, 0.25) is 6.79 Å². The highest BCUT2D eigenvalue weighted by Crippen LogP contribution is 2.34. The van der Waals surface area contributed by atoms with Gasteiger partial charge in [0, 0.05) is 37.2 Å². The molecule has 0 aliphatic carbocycles. The standard InChI is InChI=1S/C17H15N3O5/c21-16(22)13-7-18-6-10-8-20(4-3-12(10)13)17(23)19-11-1-2-14-15(5-11)25-9-24-14/h1-2,5-7H,3-4,8-9H2,(H,19,23)(H,21,22). The van der Waals surface area contributed by atoms with Crippen molar-refractivity contribution < 1.29 is 24.2 Å². The van der Waals surface area contributed by atoms with E-state index in [2.05, 4.69) is 10.3 Å². The number of urea groups is 1. The second-order valence-electron chi connectivity index (χ2n) is 5.80. The monoisotopic (exact) mass is 341 g/mol. The fourth-order valence-corrected chi connectivity index (χ4v) is 3.03. The van der Waals surface area contributed by atoms with Gasteiger partial charge in [-0.1, -0.05) is 0 Å². The number of nitrogens with zero attached hydrogens (tertiary/aromatic N) is 2. The lowest BCUT2D eigenvalue weighted by Gasteiger charge is -2.29. The summed E-state index contributed by atoms with van der Waals surface area (Å²) in [6, 6.07) is 4.94. The van der Waals surface area contributed by atoms with Crippen molar-refractivity contribution >= 4 is 17.7 Å². The maximum atomic E-state index is 12.5. The first-order chi connectivity index (χ1) is 12.1. The van der Waals surface area contributed by atoms with Crippen LogP contribution in [-0.2, 0) is 13.0 Å². The Hall–Kier alpha value is -3.29. The van der Waals surface area contributed by atoms with Gasteiger partial charge in [-0.25, -0.2) is 9.59 Å². The topological polar surface area (TPSA) is 101 Å². The lowest BCUT2D eigenvalue weighted by Crippen LogP contribution is -2.39. The van der Waals surface area contributed by atoms with Gasteiger partial charge in [0.15, 0.2) is 11.5 Å². The second-order valence-corrected chi connectivity index (χ2v) is 5.80. The Morgan fingerprint density at radius 1 is 1.20 bits per heavy atom. The molecule has 1 aromatic heterocycles. The summed E-state index contributed by atoms with van der Waals surface area (Å²) >= 11 is 0. The van der Waals surface area contributed by atoms with Crippen LogP contribution in [0.25, 0.3) is 0 Å². The number of nitrogens with one attached hydrogen (secondary N) is 1. The number of hydrogen-bond donors (Lipinski definition) is 2. The number of ether oxygens (including phenoxy) is 2. The van der Waals surface area contributed by atoms with Crippen LogP contribution >= 0.6 is 0 Å². The average Bonchev–Trinajstić information content (AvgIpc) is 3.08. The quantitative estimate of drug-likeness (QED) is 0.867. The normalized spacial score (nSPS) is 14.8. The largest absolute Gasteiger partial charge is 0.478 e. The average molecular weight is 341 g/mol. The minimum atomic E-state index is -0.998. The van der Waals surface area contributed by atoms with Gasteiger partial charge in [-0.3, -0.25) is 4.98 Å². The molecule has 8 nitrogen and oxygen atoms in total. The number of anilines is 1. The van der Waals surface area contributed by atoms with Crippen molar-refractivity contribution in [2.45, 2.75) is 13.0 Å². The first-order valence-corrected chi connectivity index (χ1v) is 7.76. The van der Waals surface area contributed by atoms with E-state index < -0.39 is 5.97 Å². The Labute approximate surface area is 143 Å². The highest BCUT2D eigenvalue weighted by Gasteiger charge is 2.25. The van der Waals surface area contributed by atoms with E-state index in [1.807, 2.05) is 0 Å². The van der Waals surface area contributed by atoms with Crippen LogP contribution in [0.4, 0.5) is 10.5 Å². The number of aromatic nitrogens is 1. The van der Waals surface area contributed by atoms with Crippen LogP contribution in [0, 0.1) is 0 Å². The van der Waals surface area contributed by atoms with Crippen molar-refractivity contribution in [1.82, 2.24) is 9.88 Å². The summed E-state index contributed by atoms with van der Waals surface area (Å²) in [6.45, 7) is 0.933. The molecule has 2 N–H and O–H groups in total. The minimum absolute atomic E-state index is 0.175. The third-order valence-electron chi connectivity index (χ3n) is 4.28. The number of carboxylic acids is 1. The van der Waals surface area contributed by atoms with E-state index in [-0.39, 0.29) is 18.4 Å². The van der Waals surface area contributed by atoms with Crippen LogP contribution in [0.5, 0.6) is 11.5 Å². The molecule has 0 saturated carbocycles. The van der Waals surface area contributed by atoms with E-state index >= 15 is 0 Å². The first-order valence-electron chi connectivity index (χ1n) is 7.76. The first kappa shape index (κ1) is 15.3. The number of fused-ring (bicyclic) bond motifs is 2. The smallest absolute Gasteiger partial charge is 0.337 e. The lowest BCUT2D eigenvalue weighted by molar-refractivity contribution is 0.0694. The molecule has 0 fully saturated rings. The summed E-state index contributed by atoms with van der Waals surface area (Å²) in [5.74, 6) is 0.247. The van der Waals surface area contributed by atoms with Gasteiger partial charge < -0.3 is 24.8 Å². The van der Waals surface area contributed by atoms with Gasteiger partial charge in [0.25, 0.3) is 0 Å². The van der Waals surface area contributed by atoms with Gasteiger partial charge in [-0.05, 0) is 29.7 Å². The number of carbonyl (C=O) groups is 2. The number of benzene rings is 1. The maximum absolute atomic E-state index is 12.5. The van der Waals surface area contributed by atoms with E-state index in [9.17, 15) is 14.7 Å². The van der Waals surface area contributed by atoms with E-state index in [1.54, 1.807) is 29.3 Å². The number of hydrogen-bond acceptors (Lipinski definition) is 5. The molecule has 0 spiro atoms. The van der Waals surface area contributed by atoms with Crippen LogP contribution in [0.15, 0.2) is 30.6 Å². The number of pyridine rings is 1.